The van der Waals surface area contributed by atoms with Crippen LogP contribution in [0.2, 0.25) is 0 Å². The molecule has 2 aromatic carbocycles. The highest BCUT2D eigenvalue weighted by Crippen LogP contribution is 2.46. The summed E-state index contributed by atoms with van der Waals surface area (Å²) in [7, 11) is 3.87. The van der Waals surface area contributed by atoms with Crippen molar-refractivity contribution in [2.75, 3.05) is 21.3 Å². The molecule has 9 heteroatoms. The first kappa shape index (κ1) is 20.0. The number of nitrogens with zero attached hydrogens (tertiary/aromatic N) is 1. The average molecular weight is 378 g/mol. The van der Waals surface area contributed by atoms with Crippen molar-refractivity contribution in [1.29, 1.82) is 0 Å². The van der Waals surface area contributed by atoms with Crippen molar-refractivity contribution in [2.24, 2.45) is 0 Å². The Balaban J connectivity index is 2.47. The first-order valence-corrected chi connectivity index (χ1v) is 7.87. The third kappa shape index (κ3) is 4.08. The summed E-state index contributed by atoms with van der Waals surface area (Å²) >= 11 is 0. The van der Waals surface area contributed by atoms with E-state index in [1.54, 1.807) is 6.92 Å². The van der Waals surface area contributed by atoms with Crippen LogP contribution >= 0.6 is 0 Å². The van der Waals surface area contributed by atoms with Gasteiger partial charge in [-0.2, -0.15) is 0 Å². The van der Waals surface area contributed by atoms with E-state index in [1.165, 1.54) is 51.7 Å². The number of carbonyl (C=O) groups is 1. The number of rotatable bonds is 7. The lowest BCUT2D eigenvalue weighted by Gasteiger charge is -2.17. The van der Waals surface area contributed by atoms with E-state index in [1.807, 2.05) is 0 Å². The molecule has 1 unspecified atom stereocenters. The molecule has 144 valence electrons. The fourth-order valence-corrected chi connectivity index (χ4v) is 2.60. The highest BCUT2D eigenvalue weighted by molar-refractivity contribution is 6.00. The number of nitro benzene ring substituents is 1. The lowest BCUT2D eigenvalue weighted by Crippen LogP contribution is -2.27. The van der Waals surface area contributed by atoms with Crippen LogP contribution in [-0.2, 0) is 0 Å². The predicted molar refractivity (Wildman–Crippen MR) is 95.0 cm³/mol. The van der Waals surface area contributed by atoms with Gasteiger partial charge >= 0.3 is 5.69 Å². The molecule has 0 heterocycles. The molecule has 0 aliphatic heterocycles. The van der Waals surface area contributed by atoms with E-state index < -0.39 is 28.4 Å². The number of hydrogen-bond acceptors (Lipinski definition) is 6. The normalized spacial score (nSPS) is 11.4. The summed E-state index contributed by atoms with van der Waals surface area (Å²) < 4.78 is 28.4. The summed E-state index contributed by atoms with van der Waals surface area (Å²) in [6.45, 7) is 1.68. The quantitative estimate of drug-likeness (QED) is 0.586. The zero-order chi connectivity index (χ0) is 20.1. The molecule has 1 amide bonds. The van der Waals surface area contributed by atoms with Crippen LogP contribution in [0.4, 0.5) is 10.1 Å². The first-order valence-electron chi connectivity index (χ1n) is 7.87. The molecule has 0 saturated carbocycles. The SMILES string of the molecule is COc1cc(C(=O)NC(C)c2ccc(F)cc2)c([N+](=O)[O-])c(OC)c1OC. The van der Waals surface area contributed by atoms with Crippen LogP contribution in [0.5, 0.6) is 17.2 Å². The molecule has 0 radical (unpaired) electrons. The fourth-order valence-electron chi connectivity index (χ4n) is 2.60. The van der Waals surface area contributed by atoms with Crippen molar-refractivity contribution in [3.05, 3.63) is 57.4 Å². The van der Waals surface area contributed by atoms with Crippen molar-refractivity contribution in [3.8, 4) is 17.2 Å². The van der Waals surface area contributed by atoms with Gasteiger partial charge in [0.1, 0.15) is 11.4 Å². The molecule has 1 N–H and O–H groups in total. The number of hydrogen-bond donors (Lipinski definition) is 1. The van der Waals surface area contributed by atoms with Gasteiger partial charge in [-0.05, 0) is 24.6 Å². The van der Waals surface area contributed by atoms with E-state index in [0.717, 1.165) is 0 Å². The highest BCUT2D eigenvalue weighted by Gasteiger charge is 2.32. The number of nitrogens with one attached hydrogen (secondary N) is 1. The van der Waals surface area contributed by atoms with Crippen molar-refractivity contribution in [2.45, 2.75) is 13.0 Å². The summed E-state index contributed by atoms with van der Waals surface area (Å²) in [4.78, 5) is 23.6. The second kappa shape index (κ2) is 8.35. The molecule has 0 spiro atoms. The Bertz CT molecular complexity index is 854. The molecule has 0 aliphatic rings. The molecule has 1 atom stereocenters. The largest absolute Gasteiger partial charge is 0.493 e. The van der Waals surface area contributed by atoms with Gasteiger partial charge in [0.25, 0.3) is 5.91 Å². The van der Waals surface area contributed by atoms with Gasteiger partial charge in [0.2, 0.25) is 11.5 Å². The van der Waals surface area contributed by atoms with Crippen LogP contribution in [-0.4, -0.2) is 32.2 Å². The van der Waals surface area contributed by atoms with Crippen LogP contribution in [0.3, 0.4) is 0 Å². The number of halogens is 1. The molecule has 2 aromatic rings. The summed E-state index contributed by atoms with van der Waals surface area (Å²) in [6.07, 6.45) is 0. The van der Waals surface area contributed by atoms with Gasteiger partial charge in [-0.3, -0.25) is 14.9 Å². The Morgan fingerprint density at radius 1 is 1.11 bits per heavy atom. The Morgan fingerprint density at radius 2 is 1.70 bits per heavy atom. The first-order chi connectivity index (χ1) is 12.8. The van der Waals surface area contributed by atoms with Crippen molar-refractivity contribution in [3.63, 3.8) is 0 Å². The Labute approximate surface area is 155 Å². The minimum atomic E-state index is -0.724. The Kier molecular flexibility index (Phi) is 6.17. The molecule has 2 rings (SSSR count). The fraction of sp³-hybridized carbons (Fsp3) is 0.278. The number of nitro groups is 1. The third-order valence-corrected chi connectivity index (χ3v) is 3.95. The molecular formula is C18H19FN2O6. The average Bonchev–Trinajstić information content (AvgIpc) is 2.66. The predicted octanol–water partition coefficient (Wildman–Crippen LogP) is 3.25. The zero-order valence-electron chi connectivity index (χ0n) is 15.2. The van der Waals surface area contributed by atoms with E-state index >= 15 is 0 Å². The number of carbonyl (C=O) groups excluding carboxylic acids is 1. The van der Waals surface area contributed by atoms with Gasteiger partial charge in [0, 0.05) is 6.07 Å². The zero-order valence-corrected chi connectivity index (χ0v) is 15.2. The van der Waals surface area contributed by atoms with Crippen LogP contribution in [0.1, 0.15) is 28.9 Å². The minimum Gasteiger partial charge on any atom is -0.493 e. The summed E-state index contributed by atoms with van der Waals surface area (Å²) in [5, 5.41) is 14.2. The van der Waals surface area contributed by atoms with Crippen molar-refractivity contribution < 1.29 is 28.3 Å². The van der Waals surface area contributed by atoms with Gasteiger partial charge in [-0.25, -0.2) is 4.39 Å². The molecule has 0 aromatic heterocycles. The van der Waals surface area contributed by atoms with Crippen molar-refractivity contribution >= 4 is 11.6 Å². The second-order valence-corrected chi connectivity index (χ2v) is 5.55. The molecular weight excluding hydrogens is 359 g/mol. The van der Waals surface area contributed by atoms with Gasteiger partial charge in [0.15, 0.2) is 5.75 Å². The molecule has 8 nitrogen and oxygen atoms in total. The number of benzene rings is 2. The number of ether oxygens (including phenoxy) is 3. The monoisotopic (exact) mass is 378 g/mol. The standard InChI is InChI=1S/C18H19FN2O6/c1-10(11-5-7-12(19)8-6-11)20-18(22)13-9-14(25-2)16(26-3)17(27-4)15(13)21(23)24/h5-10H,1-4H3,(H,20,22). The minimum absolute atomic E-state index is 0.00910. The maximum Gasteiger partial charge on any atom is 0.327 e. The van der Waals surface area contributed by atoms with E-state index in [0.29, 0.717) is 5.56 Å². The lowest BCUT2D eigenvalue weighted by molar-refractivity contribution is -0.386. The van der Waals surface area contributed by atoms with Crippen LogP contribution < -0.4 is 19.5 Å². The maximum atomic E-state index is 13.1. The molecule has 0 bridgehead atoms. The number of methoxy groups -OCH3 is 3. The van der Waals surface area contributed by atoms with Gasteiger partial charge in [-0.1, -0.05) is 12.1 Å². The van der Waals surface area contributed by atoms with Gasteiger partial charge in [-0.15, -0.1) is 0 Å². The summed E-state index contributed by atoms with van der Waals surface area (Å²) in [5.74, 6) is -1.22. The molecule has 0 fully saturated rings. The Hall–Kier alpha value is -3.36. The highest BCUT2D eigenvalue weighted by atomic mass is 19.1. The van der Waals surface area contributed by atoms with E-state index in [2.05, 4.69) is 5.32 Å². The van der Waals surface area contributed by atoms with Crippen LogP contribution in [0.15, 0.2) is 30.3 Å². The van der Waals surface area contributed by atoms with E-state index in [-0.39, 0.29) is 22.8 Å². The molecule has 0 aliphatic carbocycles. The summed E-state index contributed by atoms with van der Waals surface area (Å²) in [6, 6.07) is 6.26. The second-order valence-electron chi connectivity index (χ2n) is 5.55. The van der Waals surface area contributed by atoms with E-state index in [4.69, 9.17) is 14.2 Å². The van der Waals surface area contributed by atoms with E-state index in [9.17, 15) is 19.3 Å². The Morgan fingerprint density at radius 3 is 2.19 bits per heavy atom. The van der Waals surface area contributed by atoms with Crippen LogP contribution in [0, 0.1) is 15.9 Å². The molecule has 0 saturated heterocycles. The van der Waals surface area contributed by atoms with Gasteiger partial charge < -0.3 is 19.5 Å². The molecule has 27 heavy (non-hydrogen) atoms. The smallest absolute Gasteiger partial charge is 0.327 e. The van der Waals surface area contributed by atoms with Crippen LogP contribution in [0.25, 0.3) is 0 Å². The topological polar surface area (TPSA) is 99.9 Å². The third-order valence-electron chi connectivity index (χ3n) is 3.95. The van der Waals surface area contributed by atoms with Crippen molar-refractivity contribution in [1.82, 2.24) is 5.32 Å². The lowest BCUT2D eigenvalue weighted by atomic mass is 10.1. The van der Waals surface area contributed by atoms with Gasteiger partial charge in [0.05, 0.1) is 32.3 Å². The summed E-state index contributed by atoms with van der Waals surface area (Å²) in [5.41, 5.74) is -0.151. The number of amides is 1. The maximum absolute atomic E-state index is 13.1.